The van der Waals surface area contributed by atoms with Gasteiger partial charge in [-0.05, 0) is 0 Å². The van der Waals surface area contributed by atoms with Crippen LogP contribution >= 0.6 is 0 Å². The van der Waals surface area contributed by atoms with Crippen LogP contribution in [0.3, 0.4) is 0 Å². The number of hydrogen-bond acceptors (Lipinski definition) is 4. The van der Waals surface area contributed by atoms with Crippen molar-refractivity contribution in [3.8, 4) is 0 Å². The molecule has 0 aromatic carbocycles. The fourth-order valence-corrected chi connectivity index (χ4v) is 0.426. The van der Waals surface area contributed by atoms with E-state index in [4.69, 9.17) is 0 Å². The Labute approximate surface area is 73.1 Å². The fourth-order valence-electron chi connectivity index (χ4n) is 0.190. The summed E-state index contributed by atoms with van der Waals surface area (Å²) in [6.45, 7) is -0.313. The summed E-state index contributed by atoms with van der Waals surface area (Å²) >= 11 is -2.39. The summed E-state index contributed by atoms with van der Waals surface area (Å²) in [5, 5.41) is 0. The molecule has 0 aliphatic heterocycles. The van der Waals surface area contributed by atoms with Crippen molar-refractivity contribution >= 4 is 17.2 Å². The number of hydrogen-bond donors (Lipinski definition) is 1. The van der Waals surface area contributed by atoms with Gasteiger partial charge in [0.2, 0.25) is 0 Å². The number of methoxy groups -OCH3 is 1. The van der Waals surface area contributed by atoms with Crippen molar-refractivity contribution in [3.63, 3.8) is 0 Å². The van der Waals surface area contributed by atoms with E-state index in [-0.39, 0.29) is 25.4 Å². The van der Waals surface area contributed by atoms with Crippen LogP contribution in [0.25, 0.3) is 0 Å². The van der Waals surface area contributed by atoms with E-state index in [2.05, 4.69) is 4.74 Å². The maximum atomic E-state index is 10.2. The van der Waals surface area contributed by atoms with Crippen LogP contribution in [0, 0.1) is 0 Å². The van der Waals surface area contributed by atoms with Crippen LogP contribution in [0.1, 0.15) is 0 Å². The molecule has 1 unspecified atom stereocenters. The molecule has 1 N–H and O–H groups in total. The Balaban J connectivity index is 0. The molecular formula is C3H6LiNO4S. The second kappa shape index (κ2) is 7.25. The van der Waals surface area contributed by atoms with E-state index in [0.29, 0.717) is 0 Å². The van der Waals surface area contributed by atoms with E-state index in [0.717, 1.165) is 0 Å². The predicted molar refractivity (Wildman–Crippen MR) is 28.9 cm³/mol. The third kappa shape index (κ3) is 8.14. The molecular weight excluding hydrogens is 153 g/mol. The standard InChI is InChI=1S/C3H7NO4S.Li/c1-8-3(5)2-4-9(6)7;/h4H,2H2,1H3,(H,6,7);/q;+1/p-1. The minimum absolute atomic E-state index is 0. The first-order valence-electron chi connectivity index (χ1n) is 2.06. The summed E-state index contributed by atoms with van der Waals surface area (Å²) in [7, 11) is 1.18. The first-order chi connectivity index (χ1) is 4.16. The van der Waals surface area contributed by atoms with Crippen LogP contribution in [0.2, 0.25) is 0 Å². The Morgan fingerprint density at radius 1 is 1.80 bits per heavy atom. The van der Waals surface area contributed by atoms with Crippen LogP contribution in [-0.2, 0) is 20.8 Å². The van der Waals surface area contributed by atoms with Crippen molar-refractivity contribution < 1.29 is 37.2 Å². The molecule has 0 aromatic rings. The van der Waals surface area contributed by atoms with E-state index in [1.807, 2.05) is 4.72 Å². The number of esters is 1. The summed E-state index contributed by atoms with van der Waals surface area (Å²) in [6.07, 6.45) is 0. The molecule has 0 radical (unpaired) electrons. The van der Waals surface area contributed by atoms with Crippen molar-refractivity contribution in [1.82, 2.24) is 4.72 Å². The molecule has 0 aliphatic rings. The molecule has 0 bridgehead atoms. The number of carbonyl (C=O) groups is 1. The summed E-state index contributed by atoms with van der Waals surface area (Å²) in [5.74, 6) is -0.612. The molecule has 7 heteroatoms. The number of carbonyl (C=O) groups excluding carboxylic acids is 1. The van der Waals surface area contributed by atoms with Crippen molar-refractivity contribution in [2.24, 2.45) is 0 Å². The monoisotopic (exact) mass is 159 g/mol. The smallest absolute Gasteiger partial charge is 0.760 e. The molecule has 0 saturated carbocycles. The van der Waals surface area contributed by atoms with Gasteiger partial charge < -0.3 is 9.29 Å². The molecule has 0 fully saturated rings. The number of ether oxygens (including phenoxy) is 1. The van der Waals surface area contributed by atoms with Crippen molar-refractivity contribution in [3.05, 3.63) is 0 Å². The number of rotatable bonds is 3. The van der Waals surface area contributed by atoms with Gasteiger partial charge in [-0.25, -0.2) is 4.72 Å². The maximum Gasteiger partial charge on any atom is 1.00 e. The van der Waals surface area contributed by atoms with Gasteiger partial charge in [-0.3, -0.25) is 9.00 Å². The van der Waals surface area contributed by atoms with Gasteiger partial charge in [0, 0.05) is 11.3 Å². The van der Waals surface area contributed by atoms with Gasteiger partial charge in [-0.2, -0.15) is 0 Å². The van der Waals surface area contributed by atoms with Gasteiger partial charge in [0.1, 0.15) is 6.54 Å². The van der Waals surface area contributed by atoms with Crippen LogP contribution in [-0.4, -0.2) is 28.4 Å². The largest absolute Gasteiger partial charge is 1.00 e. The molecule has 10 heavy (non-hydrogen) atoms. The normalized spacial score (nSPS) is 11.4. The Morgan fingerprint density at radius 2 is 2.30 bits per heavy atom. The van der Waals surface area contributed by atoms with Crippen molar-refractivity contribution in [2.75, 3.05) is 13.7 Å². The summed E-state index contributed by atoms with van der Waals surface area (Å²) < 4.78 is 25.4. The maximum absolute atomic E-state index is 10.2. The zero-order valence-electron chi connectivity index (χ0n) is 5.75. The average Bonchev–Trinajstić information content (AvgIpc) is 1.83. The van der Waals surface area contributed by atoms with Gasteiger partial charge in [-0.1, -0.05) is 0 Å². The van der Waals surface area contributed by atoms with E-state index in [9.17, 15) is 13.6 Å². The molecule has 0 spiro atoms. The Bertz CT molecular complexity index is 130. The van der Waals surface area contributed by atoms with Crippen LogP contribution in [0.15, 0.2) is 0 Å². The van der Waals surface area contributed by atoms with E-state index in [1.54, 1.807) is 0 Å². The number of nitrogens with one attached hydrogen (secondary N) is 1. The van der Waals surface area contributed by atoms with Gasteiger partial charge in [0.05, 0.1) is 7.11 Å². The SMILES string of the molecule is COC(=O)CNS(=O)[O-].[Li+]. The average molecular weight is 159 g/mol. The van der Waals surface area contributed by atoms with Crippen molar-refractivity contribution in [2.45, 2.75) is 0 Å². The molecule has 0 rings (SSSR count). The zero-order valence-corrected chi connectivity index (χ0v) is 6.56. The first-order valence-corrected chi connectivity index (χ1v) is 3.14. The third-order valence-corrected chi connectivity index (χ3v) is 0.942. The van der Waals surface area contributed by atoms with Crippen molar-refractivity contribution in [1.29, 1.82) is 0 Å². The van der Waals surface area contributed by atoms with E-state index >= 15 is 0 Å². The van der Waals surface area contributed by atoms with Gasteiger partial charge in [-0.15, -0.1) is 0 Å². The summed E-state index contributed by atoms with van der Waals surface area (Å²) in [6, 6.07) is 0. The van der Waals surface area contributed by atoms with E-state index in [1.165, 1.54) is 7.11 Å². The zero-order chi connectivity index (χ0) is 7.28. The minimum atomic E-state index is -2.39. The summed E-state index contributed by atoms with van der Waals surface area (Å²) in [5.41, 5.74) is 0. The molecule has 5 nitrogen and oxygen atoms in total. The molecule has 0 aromatic heterocycles. The quantitative estimate of drug-likeness (QED) is 0.256. The Morgan fingerprint density at radius 3 is 2.60 bits per heavy atom. The van der Waals surface area contributed by atoms with Crippen LogP contribution in [0.4, 0.5) is 0 Å². The first kappa shape index (κ1) is 12.8. The molecule has 0 amide bonds. The van der Waals surface area contributed by atoms with Gasteiger partial charge >= 0.3 is 24.8 Å². The van der Waals surface area contributed by atoms with Gasteiger partial charge in [0.25, 0.3) is 0 Å². The fraction of sp³-hybridized carbons (Fsp3) is 0.667. The second-order valence-corrected chi connectivity index (χ2v) is 1.89. The third-order valence-electron chi connectivity index (χ3n) is 0.562. The molecule has 54 valence electrons. The molecule has 0 heterocycles. The van der Waals surface area contributed by atoms with Gasteiger partial charge in [0.15, 0.2) is 0 Å². The van der Waals surface area contributed by atoms with Crippen LogP contribution < -0.4 is 23.6 Å². The minimum Gasteiger partial charge on any atom is -0.760 e. The predicted octanol–water partition coefficient (Wildman–Crippen LogP) is -4.45. The summed E-state index contributed by atoms with van der Waals surface area (Å²) in [4.78, 5) is 10.2. The molecule has 1 atom stereocenters. The Kier molecular flexibility index (Phi) is 9.26. The van der Waals surface area contributed by atoms with Crippen LogP contribution in [0.5, 0.6) is 0 Å². The molecule has 0 saturated heterocycles. The van der Waals surface area contributed by atoms with E-state index < -0.39 is 17.2 Å². The Hall–Kier alpha value is 0.137. The second-order valence-electron chi connectivity index (χ2n) is 1.13. The molecule has 0 aliphatic carbocycles. The topological polar surface area (TPSA) is 78.5 Å².